The summed E-state index contributed by atoms with van der Waals surface area (Å²) in [5, 5.41) is 11.7. The van der Waals surface area contributed by atoms with Gasteiger partial charge in [0, 0.05) is 13.0 Å². The number of carbonyl (C=O) groups is 2. The standard InChI is InChI=1S/C18H27NO3/c1-2-3-4-5-6-7-8-17(20)19-14-13-15-9-11-16(12-10-15)18(21)22/h9-12H,2-8,13-14H2,1H3,(H,19,20)(H,21,22). The van der Waals surface area contributed by atoms with Crippen LogP contribution in [0.1, 0.15) is 67.8 Å². The molecule has 0 fully saturated rings. The molecule has 2 N–H and O–H groups in total. The van der Waals surface area contributed by atoms with E-state index in [4.69, 9.17) is 5.11 Å². The molecule has 1 amide bonds. The fourth-order valence-electron chi connectivity index (χ4n) is 2.31. The van der Waals surface area contributed by atoms with Gasteiger partial charge < -0.3 is 10.4 Å². The van der Waals surface area contributed by atoms with Gasteiger partial charge in [-0.3, -0.25) is 4.79 Å². The summed E-state index contributed by atoms with van der Waals surface area (Å²) in [6, 6.07) is 6.78. The van der Waals surface area contributed by atoms with Crippen LogP contribution >= 0.6 is 0 Å². The first kappa shape index (κ1) is 18.2. The van der Waals surface area contributed by atoms with Crippen LogP contribution in [-0.2, 0) is 11.2 Å². The third-order valence-electron chi connectivity index (χ3n) is 3.69. The van der Waals surface area contributed by atoms with E-state index in [-0.39, 0.29) is 11.5 Å². The number of rotatable bonds is 11. The number of aromatic carboxylic acids is 1. The lowest BCUT2D eigenvalue weighted by molar-refractivity contribution is -0.121. The largest absolute Gasteiger partial charge is 0.478 e. The third-order valence-corrected chi connectivity index (χ3v) is 3.69. The van der Waals surface area contributed by atoms with Gasteiger partial charge in [-0.25, -0.2) is 4.79 Å². The topological polar surface area (TPSA) is 66.4 Å². The predicted molar refractivity (Wildman–Crippen MR) is 88.1 cm³/mol. The van der Waals surface area contributed by atoms with E-state index in [2.05, 4.69) is 12.2 Å². The Balaban J connectivity index is 2.10. The summed E-state index contributed by atoms with van der Waals surface area (Å²) in [6.07, 6.45) is 8.43. The Morgan fingerprint density at radius 1 is 1.00 bits per heavy atom. The zero-order chi connectivity index (χ0) is 16.2. The Labute approximate surface area is 132 Å². The van der Waals surface area contributed by atoms with Crippen molar-refractivity contribution in [2.24, 2.45) is 0 Å². The zero-order valence-electron chi connectivity index (χ0n) is 13.4. The molecule has 0 saturated carbocycles. The first-order chi connectivity index (χ1) is 10.6. The number of benzene rings is 1. The highest BCUT2D eigenvalue weighted by Crippen LogP contribution is 2.07. The van der Waals surface area contributed by atoms with Gasteiger partial charge in [0.25, 0.3) is 0 Å². The van der Waals surface area contributed by atoms with Crippen molar-refractivity contribution >= 4 is 11.9 Å². The fourth-order valence-corrected chi connectivity index (χ4v) is 2.31. The molecule has 1 aromatic carbocycles. The zero-order valence-corrected chi connectivity index (χ0v) is 13.4. The quantitative estimate of drug-likeness (QED) is 0.611. The van der Waals surface area contributed by atoms with Crippen molar-refractivity contribution in [1.82, 2.24) is 5.32 Å². The maximum absolute atomic E-state index is 11.7. The van der Waals surface area contributed by atoms with E-state index >= 15 is 0 Å². The first-order valence-electron chi connectivity index (χ1n) is 8.22. The van der Waals surface area contributed by atoms with Gasteiger partial charge in [0.1, 0.15) is 0 Å². The van der Waals surface area contributed by atoms with E-state index in [1.807, 2.05) is 0 Å². The molecule has 0 atom stereocenters. The Morgan fingerprint density at radius 3 is 2.27 bits per heavy atom. The molecule has 0 aromatic heterocycles. The number of amides is 1. The van der Waals surface area contributed by atoms with Crippen LogP contribution in [0.2, 0.25) is 0 Å². The van der Waals surface area contributed by atoms with Gasteiger partial charge >= 0.3 is 5.97 Å². The number of carboxylic acid groups (broad SMARTS) is 1. The number of hydrogen-bond donors (Lipinski definition) is 2. The summed E-state index contributed by atoms with van der Waals surface area (Å²) in [4.78, 5) is 22.4. The molecule has 1 aromatic rings. The first-order valence-corrected chi connectivity index (χ1v) is 8.22. The van der Waals surface area contributed by atoms with Crippen LogP contribution in [0.5, 0.6) is 0 Å². The van der Waals surface area contributed by atoms with Gasteiger partial charge in [0.15, 0.2) is 0 Å². The van der Waals surface area contributed by atoms with Crippen molar-refractivity contribution in [3.8, 4) is 0 Å². The van der Waals surface area contributed by atoms with Crippen molar-refractivity contribution in [1.29, 1.82) is 0 Å². The van der Waals surface area contributed by atoms with E-state index in [0.717, 1.165) is 24.8 Å². The van der Waals surface area contributed by atoms with Gasteiger partial charge in [-0.2, -0.15) is 0 Å². The molecule has 4 nitrogen and oxygen atoms in total. The summed E-state index contributed by atoms with van der Waals surface area (Å²) >= 11 is 0. The van der Waals surface area contributed by atoms with E-state index < -0.39 is 5.97 Å². The molecule has 0 heterocycles. The van der Waals surface area contributed by atoms with E-state index in [1.165, 1.54) is 25.7 Å². The molecule has 4 heteroatoms. The number of hydrogen-bond acceptors (Lipinski definition) is 2. The van der Waals surface area contributed by atoms with E-state index in [9.17, 15) is 9.59 Å². The minimum Gasteiger partial charge on any atom is -0.478 e. The number of carbonyl (C=O) groups excluding carboxylic acids is 1. The van der Waals surface area contributed by atoms with Gasteiger partial charge in [0.2, 0.25) is 5.91 Å². The number of unbranched alkanes of at least 4 members (excludes halogenated alkanes) is 5. The average Bonchev–Trinajstić information content (AvgIpc) is 2.51. The van der Waals surface area contributed by atoms with Crippen LogP contribution in [0.15, 0.2) is 24.3 Å². The summed E-state index contributed by atoms with van der Waals surface area (Å²) in [6.45, 7) is 2.80. The van der Waals surface area contributed by atoms with Crippen molar-refractivity contribution in [3.05, 3.63) is 35.4 Å². The Hall–Kier alpha value is -1.84. The molecule has 0 radical (unpaired) electrons. The molecule has 0 aliphatic rings. The van der Waals surface area contributed by atoms with Crippen LogP contribution in [0.3, 0.4) is 0 Å². The summed E-state index contributed by atoms with van der Waals surface area (Å²) in [7, 11) is 0. The Morgan fingerprint density at radius 2 is 1.64 bits per heavy atom. The van der Waals surface area contributed by atoms with E-state index in [1.54, 1.807) is 24.3 Å². The molecule has 0 spiro atoms. The maximum atomic E-state index is 11.7. The molecule has 0 aliphatic heterocycles. The predicted octanol–water partition coefficient (Wildman–Crippen LogP) is 3.79. The maximum Gasteiger partial charge on any atom is 0.335 e. The Bertz CT molecular complexity index is 454. The summed E-state index contributed by atoms with van der Waals surface area (Å²) in [5.74, 6) is -0.809. The molecule has 0 unspecified atom stereocenters. The van der Waals surface area contributed by atoms with Crippen molar-refractivity contribution in [3.63, 3.8) is 0 Å². The fraction of sp³-hybridized carbons (Fsp3) is 0.556. The smallest absolute Gasteiger partial charge is 0.335 e. The normalized spacial score (nSPS) is 10.4. The molecule has 122 valence electrons. The molecule has 1 rings (SSSR count). The monoisotopic (exact) mass is 305 g/mol. The highest BCUT2D eigenvalue weighted by Gasteiger charge is 2.03. The van der Waals surface area contributed by atoms with Gasteiger partial charge in [0.05, 0.1) is 5.56 Å². The molecular weight excluding hydrogens is 278 g/mol. The lowest BCUT2D eigenvalue weighted by atomic mass is 10.1. The van der Waals surface area contributed by atoms with Crippen molar-refractivity contribution in [2.75, 3.05) is 6.54 Å². The minimum absolute atomic E-state index is 0.109. The second-order valence-corrected chi connectivity index (χ2v) is 5.62. The molecule has 0 bridgehead atoms. The van der Waals surface area contributed by atoms with Crippen molar-refractivity contribution in [2.45, 2.75) is 58.3 Å². The van der Waals surface area contributed by atoms with Gasteiger partial charge in [-0.15, -0.1) is 0 Å². The molecule has 22 heavy (non-hydrogen) atoms. The third kappa shape index (κ3) is 7.81. The average molecular weight is 305 g/mol. The lowest BCUT2D eigenvalue weighted by Gasteiger charge is -2.06. The Kier molecular flexibility index (Phi) is 8.96. The van der Waals surface area contributed by atoms with Crippen LogP contribution < -0.4 is 5.32 Å². The number of carboxylic acids is 1. The van der Waals surface area contributed by atoms with Crippen LogP contribution in [0, 0.1) is 0 Å². The van der Waals surface area contributed by atoms with Crippen LogP contribution in [0.25, 0.3) is 0 Å². The molecule has 0 saturated heterocycles. The minimum atomic E-state index is -0.918. The van der Waals surface area contributed by atoms with E-state index in [0.29, 0.717) is 13.0 Å². The van der Waals surface area contributed by atoms with Crippen LogP contribution in [0.4, 0.5) is 0 Å². The summed E-state index contributed by atoms with van der Waals surface area (Å²) in [5.41, 5.74) is 1.32. The molecular formula is C18H27NO3. The molecule has 0 aliphatic carbocycles. The highest BCUT2D eigenvalue weighted by molar-refractivity contribution is 5.87. The van der Waals surface area contributed by atoms with Crippen molar-refractivity contribution < 1.29 is 14.7 Å². The summed E-state index contributed by atoms with van der Waals surface area (Å²) < 4.78 is 0. The number of nitrogens with one attached hydrogen (secondary N) is 1. The highest BCUT2D eigenvalue weighted by atomic mass is 16.4. The SMILES string of the molecule is CCCCCCCCC(=O)NCCc1ccc(C(=O)O)cc1. The van der Waals surface area contributed by atoms with Crippen LogP contribution in [-0.4, -0.2) is 23.5 Å². The van der Waals surface area contributed by atoms with Gasteiger partial charge in [-0.1, -0.05) is 51.2 Å². The second kappa shape index (κ2) is 10.8. The lowest BCUT2D eigenvalue weighted by Crippen LogP contribution is -2.25. The van der Waals surface area contributed by atoms with Gasteiger partial charge in [-0.05, 0) is 30.5 Å². The second-order valence-electron chi connectivity index (χ2n) is 5.62.